The number of rotatable bonds is 4. The molecule has 0 radical (unpaired) electrons. The Balaban J connectivity index is 2.17. The van der Waals surface area contributed by atoms with E-state index in [0.29, 0.717) is 11.3 Å². The maximum absolute atomic E-state index is 13.6. The molecule has 2 aromatic rings. The quantitative estimate of drug-likeness (QED) is 0.910. The number of hydrogen-bond acceptors (Lipinski definition) is 4. The van der Waals surface area contributed by atoms with Crippen molar-refractivity contribution in [1.82, 2.24) is 4.98 Å². The minimum absolute atomic E-state index is 0.153. The van der Waals surface area contributed by atoms with Crippen LogP contribution >= 0.6 is 0 Å². The molecule has 0 fully saturated rings. The SMILES string of the molecule is N#Cc1cc(COc2c(F)cccc2CN)ccn1. The van der Waals surface area contributed by atoms with Crippen molar-refractivity contribution in [3.05, 3.63) is 59.2 Å². The summed E-state index contributed by atoms with van der Waals surface area (Å²) in [4.78, 5) is 3.85. The van der Waals surface area contributed by atoms with Crippen LogP contribution in [0.3, 0.4) is 0 Å². The van der Waals surface area contributed by atoms with E-state index < -0.39 is 5.82 Å². The lowest BCUT2D eigenvalue weighted by Crippen LogP contribution is -2.05. The predicted molar refractivity (Wildman–Crippen MR) is 67.6 cm³/mol. The van der Waals surface area contributed by atoms with Crippen molar-refractivity contribution in [3.8, 4) is 11.8 Å². The van der Waals surface area contributed by atoms with Crippen LogP contribution in [0.1, 0.15) is 16.8 Å². The zero-order chi connectivity index (χ0) is 13.7. The largest absolute Gasteiger partial charge is 0.485 e. The molecule has 1 aromatic heterocycles. The van der Waals surface area contributed by atoms with Crippen molar-refractivity contribution in [3.63, 3.8) is 0 Å². The number of aromatic nitrogens is 1. The van der Waals surface area contributed by atoms with Gasteiger partial charge in [0.15, 0.2) is 11.6 Å². The summed E-state index contributed by atoms with van der Waals surface area (Å²) in [5.41, 5.74) is 7.19. The molecule has 0 spiro atoms. The van der Waals surface area contributed by atoms with Crippen molar-refractivity contribution in [1.29, 1.82) is 5.26 Å². The lowest BCUT2D eigenvalue weighted by molar-refractivity contribution is 0.287. The number of pyridine rings is 1. The number of benzene rings is 1. The number of nitrogens with zero attached hydrogens (tertiary/aromatic N) is 2. The molecule has 19 heavy (non-hydrogen) atoms. The van der Waals surface area contributed by atoms with Crippen LogP contribution in [0.4, 0.5) is 4.39 Å². The molecule has 2 rings (SSSR count). The second-order valence-electron chi connectivity index (χ2n) is 3.88. The molecule has 0 aliphatic heterocycles. The summed E-state index contributed by atoms with van der Waals surface area (Å²) in [7, 11) is 0. The van der Waals surface area contributed by atoms with E-state index in [4.69, 9.17) is 15.7 Å². The van der Waals surface area contributed by atoms with Gasteiger partial charge in [-0.3, -0.25) is 0 Å². The highest BCUT2D eigenvalue weighted by Crippen LogP contribution is 2.23. The maximum atomic E-state index is 13.6. The summed E-state index contributed by atoms with van der Waals surface area (Å²) in [5, 5.41) is 8.74. The molecule has 0 aliphatic rings. The van der Waals surface area contributed by atoms with Crippen molar-refractivity contribution in [2.24, 2.45) is 5.73 Å². The van der Waals surface area contributed by atoms with E-state index in [2.05, 4.69) is 4.98 Å². The van der Waals surface area contributed by atoms with Gasteiger partial charge in [-0.25, -0.2) is 9.37 Å². The molecule has 1 aromatic carbocycles. The van der Waals surface area contributed by atoms with Gasteiger partial charge in [-0.1, -0.05) is 12.1 Å². The fourth-order valence-corrected chi connectivity index (χ4v) is 1.66. The zero-order valence-electron chi connectivity index (χ0n) is 10.1. The van der Waals surface area contributed by atoms with Gasteiger partial charge in [0.1, 0.15) is 18.4 Å². The molecule has 96 valence electrons. The number of nitriles is 1. The monoisotopic (exact) mass is 257 g/mol. The molecule has 0 atom stereocenters. The Bertz CT molecular complexity index is 622. The lowest BCUT2D eigenvalue weighted by Gasteiger charge is -2.11. The third-order valence-electron chi connectivity index (χ3n) is 2.59. The fourth-order valence-electron chi connectivity index (χ4n) is 1.66. The molecular weight excluding hydrogens is 245 g/mol. The first-order valence-corrected chi connectivity index (χ1v) is 5.70. The van der Waals surface area contributed by atoms with Crippen LogP contribution in [0.25, 0.3) is 0 Å². The third kappa shape index (κ3) is 3.06. The number of para-hydroxylation sites is 1. The molecule has 1 heterocycles. The average Bonchev–Trinajstić information content (AvgIpc) is 2.46. The van der Waals surface area contributed by atoms with E-state index in [-0.39, 0.29) is 18.9 Å². The molecule has 0 amide bonds. The highest BCUT2D eigenvalue weighted by molar-refractivity contribution is 5.35. The van der Waals surface area contributed by atoms with Gasteiger partial charge >= 0.3 is 0 Å². The second-order valence-corrected chi connectivity index (χ2v) is 3.88. The molecule has 0 bridgehead atoms. The van der Waals surface area contributed by atoms with Crippen LogP contribution in [0, 0.1) is 17.1 Å². The van der Waals surface area contributed by atoms with Gasteiger partial charge in [0.05, 0.1) is 0 Å². The van der Waals surface area contributed by atoms with Crippen LogP contribution in [0.5, 0.6) is 5.75 Å². The summed E-state index contributed by atoms with van der Waals surface area (Å²) >= 11 is 0. The Hall–Kier alpha value is -2.45. The number of ether oxygens (including phenoxy) is 1. The molecule has 0 saturated heterocycles. The van der Waals surface area contributed by atoms with Crippen molar-refractivity contribution in [2.45, 2.75) is 13.2 Å². The van der Waals surface area contributed by atoms with Gasteiger partial charge in [0.2, 0.25) is 0 Å². The highest BCUT2D eigenvalue weighted by Gasteiger charge is 2.09. The van der Waals surface area contributed by atoms with Gasteiger partial charge in [-0.15, -0.1) is 0 Å². The first kappa shape index (κ1) is 13.0. The molecule has 5 heteroatoms. The van der Waals surface area contributed by atoms with Gasteiger partial charge < -0.3 is 10.5 Å². The van der Waals surface area contributed by atoms with E-state index in [9.17, 15) is 4.39 Å². The van der Waals surface area contributed by atoms with Crippen LogP contribution in [-0.4, -0.2) is 4.98 Å². The maximum Gasteiger partial charge on any atom is 0.165 e. The molecule has 2 N–H and O–H groups in total. The minimum atomic E-state index is -0.447. The van der Waals surface area contributed by atoms with Crippen molar-refractivity contribution < 1.29 is 9.13 Å². The molecule has 0 unspecified atom stereocenters. The summed E-state index contributed by atoms with van der Waals surface area (Å²) < 4.78 is 19.1. The van der Waals surface area contributed by atoms with Gasteiger partial charge in [-0.05, 0) is 23.8 Å². The van der Waals surface area contributed by atoms with Gasteiger partial charge in [-0.2, -0.15) is 5.26 Å². The molecule has 4 nitrogen and oxygen atoms in total. The van der Waals surface area contributed by atoms with E-state index in [1.807, 2.05) is 6.07 Å². The standard InChI is InChI=1S/C14H12FN3O/c15-13-3-1-2-11(7-16)14(13)19-9-10-4-5-18-12(6-10)8-17/h1-6H,7,9,16H2. The number of hydrogen-bond donors (Lipinski definition) is 1. The van der Waals surface area contributed by atoms with Crippen molar-refractivity contribution >= 4 is 0 Å². The summed E-state index contributed by atoms with van der Waals surface area (Å²) in [5.74, 6) is -0.294. The zero-order valence-corrected chi connectivity index (χ0v) is 10.1. The minimum Gasteiger partial charge on any atom is -0.485 e. The topological polar surface area (TPSA) is 71.9 Å². The molecule has 0 aliphatic carbocycles. The van der Waals surface area contributed by atoms with Crippen molar-refractivity contribution in [2.75, 3.05) is 0 Å². The van der Waals surface area contributed by atoms with Crippen LogP contribution < -0.4 is 10.5 Å². The van der Waals surface area contributed by atoms with Crippen LogP contribution in [0.2, 0.25) is 0 Å². The van der Waals surface area contributed by atoms with Gasteiger partial charge in [0, 0.05) is 18.3 Å². The summed E-state index contributed by atoms with van der Waals surface area (Å²) in [6, 6.07) is 9.87. The Morgan fingerprint density at radius 3 is 2.95 bits per heavy atom. The number of nitrogens with two attached hydrogens (primary N) is 1. The predicted octanol–water partition coefficient (Wildman–Crippen LogP) is 2.13. The fraction of sp³-hybridized carbons (Fsp3) is 0.143. The Morgan fingerprint density at radius 2 is 2.21 bits per heavy atom. The Kier molecular flexibility index (Phi) is 4.06. The Morgan fingerprint density at radius 1 is 1.37 bits per heavy atom. The summed E-state index contributed by atoms with van der Waals surface area (Å²) in [6.45, 7) is 0.359. The summed E-state index contributed by atoms with van der Waals surface area (Å²) in [6.07, 6.45) is 1.52. The van der Waals surface area contributed by atoms with Crippen LogP contribution in [-0.2, 0) is 13.2 Å². The van der Waals surface area contributed by atoms with Crippen LogP contribution in [0.15, 0.2) is 36.5 Å². The Labute approximate surface area is 110 Å². The second kappa shape index (κ2) is 5.94. The molecule has 0 saturated carbocycles. The first-order chi connectivity index (χ1) is 9.24. The average molecular weight is 257 g/mol. The van der Waals surface area contributed by atoms with E-state index in [0.717, 1.165) is 5.56 Å². The normalized spacial score (nSPS) is 9.95. The van der Waals surface area contributed by atoms with E-state index in [1.54, 1.807) is 24.3 Å². The lowest BCUT2D eigenvalue weighted by atomic mass is 10.2. The smallest absolute Gasteiger partial charge is 0.165 e. The van der Waals surface area contributed by atoms with Gasteiger partial charge in [0.25, 0.3) is 0 Å². The third-order valence-corrected chi connectivity index (χ3v) is 2.59. The van der Waals surface area contributed by atoms with E-state index in [1.165, 1.54) is 12.3 Å². The first-order valence-electron chi connectivity index (χ1n) is 5.70. The van der Waals surface area contributed by atoms with E-state index >= 15 is 0 Å². The molecular formula is C14H12FN3O. The number of halogens is 1. The highest BCUT2D eigenvalue weighted by atomic mass is 19.1.